The van der Waals surface area contributed by atoms with Crippen LogP contribution in [-0.4, -0.2) is 34.2 Å². The van der Waals surface area contributed by atoms with Crippen molar-refractivity contribution in [2.75, 3.05) is 6.54 Å². The number of benzene rings is 1. The van der Waals surface area contributed by atoms with Crippen LogP contribution < -0.4 is 10.6 Å². The van der Waals surface area contributed by atoms with Crippen molar-refractivity contribution in [3.8, 4) is 5.69 Å². The predicted octanol–water partition coefficient (Wildman–Crippen LogP) is 2.07. The van der Waals surface area contributed by atoms with Gasteiger partial charge in [0.2, 0.25) is 5.91 Å². The summed E-state index contributed by atoms with van der Waals surface area (Å²) in [4.78, 5) is 25.0. The second kappa shape index (κ2) is 6.94. The van der Waals surface area contributed by atoms with Crippen molar-refractivity contribution in [1.29, 1.82) is 0 Å². The summed E-state index contributed by atoms with van der Waals surface area (Å²) in [7, 11) is 0. The van der Waals surface area contributed by atoms with Gasteiger partial charge in [-0.3, -0.25) is 9.59 Å². The van der Waals surface area contributed by atoms with Gasteiger partial charge in [0.25, 0.3) is 5.91 Å². The lowest BCUT2D eigenvalue weighted by Crippen LogP contribution is -2.45. The van der Waals surface area contributed by atoms with Crippen LogP contribution in [0.15, 0.2) is 24.3 Å². The van der Waals surface area contributed by atoms with Crippen molar-refractivity contribution in [3.05, 3.63) is 46.8 Å². The molecule has 0 bridgehead atoms. The molecule has 1 unspecified atom stereocenters. The first-order valence-electron chi connectivity index (χ1n) is 9.40. The van der Waals surface area contributed by atoms with E-state index in [9.17, 15) is 9.59 Å². The quantitative estimate of drug-likeness (QED) is 0.888. The zero-order chi connectivity index (χ0) is 18.1. The summed E-state index contributed by atoms with van der Waals surface area (Å²) in [5.74, 6) is -0.330. The Morgan fingerprint density at radius 1 is 1.23 bits per heavy atom. The molecular weight excluding hydrogens is 328 g/mol. The third kappa shape index (κ3) is 3.00. The van der Waals surface area contributed by atoms with Gasteiger partial charge in [0.15, 0.2) is 5.69 Å². The molecule has 26 heavy (non-hydrogen) atoms. The number of amides is 2. The van der Waals surface area contributed by atoms with Gasteiger partial charge in [-0.2, -0.15) is 5.10 Å². The minimum atomic E-state index is -0.467. The van der Waals surface area contributed by atoms with Gasteiger partial charge < -0.3 is 10.6 Å². The first kappa shape index (κ1) is 16.8. The van der Waals surface area contributed by atoms with Crippen LogP contribution in [0.4, 0.5) is 0 Å². The van der Waals surface area contributed by atoms with Crippen molar-refractivity contribution in [2.24, 2.45) is 0 Å². The van der Waals surface area contributed by atoms with Gasteiger partial charge in [0.05, 0.1) is 5.69 Å². The highest BCUT2D eigenvalue weighted by atomic mass is 16.2. The number of hydrogen-bond acceptors (Lipinski definition) is 3. The van der Waals surface area contributed by atoms with Crippen LogP contribution in [0.1, 0.15) is 53.0 Å². The van der Waals surface area contributed by atoms with Crippen molar-refractivity contribution in [1.82, 2.24) is 20.4 Å². The van der Waals surface area contributed by atoms with Gasteiger partial charge in [-0.1, -0.05) is 18.2 Å². The summed E-state index contributed by atoms with van der Waals surface area (Å²) < 4.78 is 1.92. The van der Waals surface area contributed by atoms with E-state index in [1.165, 1.54) is 0 Å². The molecule has 2 amide bonds. The van der Waals surface area contributed by atoms with Crippen LogP contribution in [0.25, 0.3) is 5.69 Å². The van der Waals surface area contributed by atoms with E-state index in [-0.39, 0.29) is 11.8 Å². The van der Waals surface area contributed by atoms with Crippen LogP contribution in [0.5, 0.6) is 0 Å². The minimum Gasteiger partial charge on any atom is -0.354 e. The van der Waals surface area contributed by atoms with Gasteiger partial charge in [-0.25, -0.2) is 4.68 Å². The number of carbonyl (C=O) groups is 2. The average Bonchev–Trinajstić information content (AvgIpc) is 3.17. The molecule has 1 fully saturated rings. The molecule has 1 saturated heterocycles. The second-order valence-corrected chi connectivity index (χ2v) is 7.14. The first-order chi connectivity index (χ1) is 12.6. The van der Waals surface area contributed by atoms with E-state index in [0.29, 0.717) is 18.7 Å². The maximum atomic E-state index is 12.9. The zero-order valence-corrected chi connectivity index (χ0v) is 15.0. The van der Waals surface area contributed by atoms with Crippen LogP contribution >= 0.6 is 0 Å². The average molecular weight is 352 g/mol. The number of aryl methyl sites for hydroxylation is 1. The zero-order valence-electron chi connectivity index (χ0n) is 15.0. The smallest absolute Gasteiger partial charge is 0.272 e. The fraction of sp³-hybridized carbons (Fsp3) is 0.450. The van der Waals surface area contributed by atoms with Crippen LogP contribution in [-0.2, 0) is 17.6 Å². The lowest BCUT2D eigenvalue weighted by molar-refractivity contribution is -0.122. The van der Waals surface area contributed by atoms with Crippen LogP contribution in [0, 0.1) is 6.92 Å². The SMILES string of the molecule is Cc1ccccc1-n1nc(C(=O)NC2CCCCNC2=O)c2c1CCC2. The molecule has 1 aromatic heterocycles. The molecule has 2 aliphatic rings. The molecule has 2 heterocycles. The Hall–Kier alpha value is -2.63. The highest BCUT2D eigenvalue weighted by molar-refractivity contribution is 5.97. The number of para-hydroxylation sites is 1. The Morgan fingerprint density at radius 3 is 2.92 bits per heavy atom. The highest BCUT2D eigenvalue weighted by Crippen LogP contribution is 2.29. The van der Waals surface area contributed by atoms with E-state index in [0.717, 1.165) is 54.6 Å². The number of hydrogen-bond donors (Lipinski definition) is 2. The van der Waals surface area contributed by atoms with E-state index in [4.69, 9.17) is 0 Å². The van der Waals surface area contributed by atoms with Crippen molar-refractivity contribution in [2.45, 2.75) is 51.5 Å². The number of nitrogens with one attached hydrogen (secondary N) is 2. The van der Waals surface area contributed by atoms with E-state index < -0.39 is 6.04 Å². The topological polar surface area (TPSA) is 76.0 Å². The fourth-order valence-electron chi connectivity index (χ4n) is 3.92. The Morgan fingerprint density at radius 2 is 2.08 bits per heavy atom. The number of aromatic nitrogens is 2. The summed E-state index contributed by atoms with van der Waals surface area (Å²) in [6.07, 6.45) is 5.38. The van der Waals surface area contributed by atoms with E-state index >= 15 is 0 Å². The molecule has 1 atom stereocenters. The third-order valence-corrected chi connectivity index (χ3v) is 5.33. The Kier molecular flexibility index (Phi) is 4.49. The molecular formula is C20H24N4O2. The maximum Gasteiger partial charge on any atom is 0.272 e. The van der Waals surface area contributed by atoms with Gasteiger partial charge in [0, 0.05) is 17.8 Å². The van der Waals surface area contributed by atoms with Crippen molar-refractivity contribution in [3.63, 3.8) is 0 Å². The lowest BCUT2D eigenvalue weighted by atomic mass is 10.1. The predicted molar refractivity (Wildman–Crippen MR) is 98.4 cm³/mol. The van der Waals surface area contributed by atoms with E-state index in [1.807, 2.05) is 35.9 Å². The fourth-order valence-corrected chi connectivity index (χ4v) is 3.92. The molecule has 2 N–H and O–H groups in total. The second-order valence-electron chi connectivity index (χ2n) is 7.14. The molecule has 0 radical (unpaired) electrons. The van der Waals surface area contributed by atoms with Crippen LogP contribution in [0.3, 0.4) is 0 Å². The van der Waals surface area contributed by atoms with Gasteiger partial charge in [-0.15, -0.1) is 0 Å². The molecule has 6 nitrogen and oxygen atoms in total. The summed E-state index contributed by atoms with van der Waals surface area (Å²) in [5.41, 5.74) is 4.75. The van der Waals surface area contributed by atoms with Crippen LogP contribution in [0.2, 0.25) is 0 Å². The normalized spacial score (nSPS) is 19.6. The molecule has 0 spiro atoms. The molecule has 6 heteroatoms. The monoisotopic (exact) mass is 352 g/mol. The molecule has 4 rings (SSSR count). The number of nitrogens with zero attached hydrogens (tertiary/aromatic N) is 2. The minimum absolute atomic E-state index is 0.0918. The Bertz CT molecular complexity index is 855. The van der Waals surface area contributed by atoms with E-state index in [1.54, 1.807) is 0 Å². The molecule has 1 aliphatic carbocycles. The summed E-state index contributed by atoms with van der Waals surface area (Å²) >= 11 is 0. The third-order valence-electron chi connectivity index (χ3n) is 5.33. The Labute approximate surface area is 153 Å². The Balaban J connectivity index is 1.65. The summed E-state index contributed by atoms with van der Waals surface area (Å²) in [5, 5.41) is 10.4. The van der Waals surface area contributed by atoms with Gasteiger partial charge >= 0.3 is 0 Å². The van der Waals surface area contributed by atoms with Gasteiger partial charge in [-0.05, 0) is 57.1 Å². The van der Waals surface area contributed by atoms with Crippen molar-refractivity contribution < 1.29 is 9.59 Å². The molecule has 2 aromatic rings. The lowest BCUT2D eigenvalue weighted by Gasteiger charge is -2.14. The standard InChI is InChI=1S/C20H24N4O2/c1-13-7-2-3-10-16(13)24-17-11-6-8-14(17)18(23-24)20(26)22-15-9-4-5-12-21-19(15)25/h2-3,7,10,15H,4-6,8-9,11-12H2,1H3,(H,21,25)(H,22,26). The molecule has 1 aromatic carbocycles. The van der Waals surface area contributed by atoms with Crippen molar-refractivity contribution >= 4 is 11.8 Å². The number of carbonyl (C=O) groups excluding carboxylic acids is 2. The molecule has 0 saturated carbocycles. The largest absolute Gasteiger partial charge is 0.354 e. The first-order valence-corrected chi connectivity index (χ1v) is 9.40. The summed E-state index contributed by atoms with van der Waals surface area (Å²) in [6.45, 7) is 2.73. The van der Waals surface area contributed by atoms with E-state index in [2.05, 4.69) is 15.7 Å². The number of fused-ring (bicyclic) bond motifs is 1. The highest BCUT2D eigenvalue weighted by Gasteiger charge is 2.30. The number of rotatable bonds is 3. The summed E-state index contributed by atoms with van der Waals surface area (Å²) in [6, 6.07) is 7.60. The molecule has 136 valence electrons. The molecule has 1 aliphatic heterocycles. The maximum absolute atomic E-state index is 12.9. The van der Waals surface area contributed by atoms with Gasteiger partial charge in [0.1, 0.15) is 6.04 Å².